The second-order valence-electron chi connectivity index (χ2n) is 7.06. The molecule has 0 bridgehead atoms. The van der Waals surface area contributed by atoms with Crippen molar-refractivity contribution in [3.63, 3.8) is 0 Å². The molecular formula is C17H33N3O. The van der Waals surface area contributed by atoms with E-state index in [-0.39, 0.29) is 5.41 Å². The van der Waals surface area contributed by atoms with Gasteiger partial charge in [-0.15, -0.1) is 0 Å². The van der Waals surface area contributed by atoms with Crippen LogP contribution in [-0.4, -0.2) is 61.5 Å². The van der Waals surface area contributed by atoms with E-state index in [2.05, 4.69) is 35.9 Å². The van der Waals surface area contributed by atoms with Crippen LogP contribution in [0.1, 0.15) is 46.5 Å². The average Bonchev–Trinajstić information content (AvgIpc) is 2.53. The van der Waals surface area contributed by atoms with Crippen molar-refractivity contribution < 1.29 is 4.79 Å². The molecule has 2 heterocycles. The highest BCUT2D eigenvalue weighted by atomic mass is 16.2. The summed E-state index contributed by atoms with van der Waals surface area (Å²) < 4.78 is 0. The summed E-state index contributed by atoms with van der Waals surface area (Å²) in [5, 5.41) is 3.39. The minimum atomic E-state index is -0.163. The molecule has 21 heavy (non-hydrogen) atoms. The Morgan fingerprint density at radius 2 is 1.95 bits per heavy atom. The molecule has 0 radical (unpaired) electrons. The van der Waals surface area contributed by atoms with Gasteiger partial charge in [0.05, 0.1) is 5.41 Å². The summed E-state index contributed by atoms with van der Waals surface area (Å²) in [6, 6.07) is 0. The van der Waals surface area contributed by atoms with Crippen LogP contribution in [0.2, 0.25) is 0 Å². The molecular weight excluding hydrogens is 262 g/mol. The molecule has 2 aliphatic rings. The summed E-state index contributed by atoms with van der Waals surface area (Å²) in [6.45, 7) is 13.9. The highest BCUT2D eigenvalue weighted by Crippen LogP contribution is 2.30. The Kier molecular flexibility index (Phi) is 6.06. The van der Waals surface area contributed by atoms with Gasteiger partial charge >= 0.3 is 0 Å². The van der Waals surface area contributed by atoms with Gasteiger partial charge in [-0.3, -0.25) is 4.79 Å². The van der Waals surface area contributed by atoms with E-state index < -0.39 is 0 Å². The van der Waals surface area contributed by atoms with E-state index in [0.717, 1.165) is 58.0 Å². The Labute approximate surface area is 130 Å². The maximum Gasteiger partial charge on any atom is 0.229 e. The van der Waals surface area contributed by atoms with Gasteiger partial charge in [0.25, 0.3) is 0 Å². The lowest BCUT2D eigenvalue weighted by Gasteiger charge is -2.41. The topological polar surface area (TPSA) is 35.6 Å². The maximum atomic E-state index is 12.8. The standard InChI is InChI=1S/C17H33N3O/c1-4-19(5-2)13-15-7-11-20(12-8-15)16(21)17(3)9-6-10-18-14-17/h15,18H,4-14H2,1-3H3. The first kappa shape index (κ1) is 16.8. The quantitative estimate of drug-likeness (QED) is 0.842. The van der Waals surface area contributed by atoms with E-state index in [1.54, 1.807) is 0 Å². The molecule has 1 amide bonds. The van der Waals surface area contributed by atoms with Crippen LogP contribution in [0.25, 0.3) is 0 Å². The monoisotopic (exact) mass is 295 g/mol. The molecule has 0 aromatic carbocycles. The fourth-order valence-electron chi connectivity index (χ4n) is 3.79. The summed E-state index contributed by atoms with van der Waals surface area (Å²) in [7, 11) is 0. The van der Waals surface area contributed by atoms with Gasteiger partial charge in [0.15, 0.2) is 0 Å². The largest absolute Gasteiger partial charge is 0.342 e. The lowest BCUT2D eigenvalue weighted by molar-refractivity contribution is -0.143. The molecule has 4 nitrogen and oxygen atoms in total. The minimum absolute atomic E-state index is 0.163. The predicted molar refractivity (Wildman–Crippen MR) is 87.3 cm³/mol. The SMILES string of the molecule is CCN(CC)CC1CCN(C(=O)C2(C)CCCNC2)CC1. The van der Waals surface area contributed by atoms with Gasteiger partial charge in [-0.25, -0.2) is 0 Å². The summed E-state index contributed by atoms with van der Waals surface area (Å²) in [6.07, 6.45) is 4.51. The average molecular weight is 295 g/mol. The predicted octanol–water partition coefficient (Wildman–Crippen LogP) is 1.96. The third kappa shape index (κ3) is 4.19. The molecule has 2 aliphatic heterocycles. The van der Waals surface area contributed by atoms with E-state index >= 15 is 0 Å². The van der Waals surface area contributed by atoms with Crippen molar-refractivity contribution in [3.05, 3.63) is 0 Å². The van der Waals surface area contributed by atoms with Crippen LogP contribution in [0.3, 0.4) is 0 Å². The first-order valence-corrected chi connectivity index (χ1v) is 8.81. The van der Waals surface area contributed by atoms with Crippen LogP contribution in [0.4, 0.5) is 0 Å². The molecule has 0 saturated carbocycles. The van der Waals surface area contributed by atoms with Gasteiger partial charge in [-0.05, 0) is 58.2 Å². The second-order valence-corrected chi connectivity index (χ2v) is 7.06. The number of rotatable bonds is 5. The van der Waals surface area contributed by atoms with Crippen molar-refractivity contribution in [2.24, 2.45) is 11.3 Å². The van der Waals surface area contributed by atoms with Crippen molar-refractivity contribution in [2.45, 2.75) is 46.5 Å². The van der Waals surface area contributed by atoms with Crippen LogP contribution in [-0.2, 0) is 4.79 Å². The lowest BCUT2D eigenvalue weighted by atomic mass is 9.80. The first-order chi connectivity index (χ1) is 10.1. The number of nitrogens with zero attached hydrogens (tertiary/aromatic N) is 2. The fourth-order valence-corrected chi connectivity index (χ4v) is 3.79. The third-order valence-electron chi connectivity index (χ3n) is 5.43. The van der Waals surface area contributed by atoms with Gasteiger partial charge in [-0.2, -0.15) is 0 Å². The van der Waals surface area contributed by atoms with Crippen molar-refractivity contribution in [1.29, 1.82) is 0 Å². The van der Waals surface area contributed by atoms with Crippen molar-refractivity contribution >= 4 is 5.91 Å². The molecule has 0 aromatic rings. The van der Waals surface area contributed by atoms with Crippen molar-refractivity contribution in [2.75, 3.05) is 45.8 Å². The van der Waals surface area contributed by atoms with Crippen LogP contribution < -0.4 is 5.32 Å². The van der Waals surface area contributed by atoms with Gasteiger partial charge in [0.2, 0.25) is 5.91 Å². The van der Waals surface area contributed by atoms with Crippen molar-refractivity contribution in [3.8, 4) is 0 Å². The molecule has 1 unspecified atom stereocenters. The molecule has 0 aromatic heterocycles. The molecule has 0 aliphatic carbocycles. The zero-order valence-electron chi connectivity index (χ0n) is 14.2. The number of carbonyl (C=O) groups is 1. The van der Waals surface area contributed by atoms with Crippen molar-refractivity contribution in [1.82, 2.24) is 15.1 Å². The Morgan fingerprint density at radius 1 is 1.29 bits per heavy atom. The zero-order valence-corrected chi connectivity index (χ0v) is 14.2. The van der Waals surface area contributed by atoms with Gasteiger partial charge in [0, 0.05) is 26.2 Å². The van der Waals surface area contributed by atoms with Crippen LogP contribution in [0.15, 0.2) is 0 Å². The van der Waals surface area contributed by atoms with E-state index in [1.807, 2.05) is 0 Å². The van der Waals surface area contributed by atoms with Gasteiger partial charge in [0.1, 0.15) is 0 Å². The highest BCUT2D eigenvalue weighted by molar-refractivity contribution is 5.82. The van der Waals surface area contributed by atoms with E-state index in [0.29, 0.717) is 5.91 Å². The van der Waals surface area contributed by atoms with Crippen LogP contribution in [0, 0.1) is 11.3 Å². The summed E-state index contributed by atoms with van der Waals surface area (Å²) in [4.78, 5) is 17.4. The third-order valence-corrected chi connectivity index (χ3v) is 5.43. The molecule has 2 saturated heterocycles. The van der Waals surface area contributed by atoms with Crippen LogP contribution in [0.5, 0.6) is 0 Å². The van der Waals surface area contributed by atoms with E-state index in [1.165, 1.54) is 19.4 Å². The summed E-state index contributed by atoms with van der Waals surface area (Å²) in [5.41, 5.74) is -0.163. The van der Waals surface area contributed by atoms with E-state index in [9.17, 15) is 4.79 Å². The molecule has 1 N–H and O–H groups in total. The normalized spacial score (nSPS) is 28.1. The second kappa shape index (κ2) is 7.59. The van der Waals surface area contributed by atoms with Gasteiger partial charge in [-0.1, -0.05) is 13.8 Å². The number of likely N-dealkylation sites (tertiary alicyclic amines) is 1. The molecule has 2 fully saturated rings. The fraction of sp³-hybridized carbons (Fsp3) is 0.941. The Morgan fingerprint density at radius 3 is 2.48 bits per heavy atom. The number of hydrogen-bond donors (Lipinski definition) is 1. The lowest BCUT2D eigenvalue weighted by Crippen LogP contribution is -2.52. The Balaban J connectivity index is 1.81. The molecule has 2 rings (SSSR count). The molecule has 1 atom stereocenters. The summed E-state index contributed by atoms with van der Waals surface area (Å²) >= 11 is 0. The van der Waals surface area contributed by atoms with Gasteiger partial charge < -0.3 is 15.1 Å². The molecule has 122 valence electrons. The number of piperidine rings is 2. The number of nitrogens with one attached hydrogen (secondary N) is 1. The Hall–Kier alpha value is -0.610. The maximum absolute atomic E-state index is 12.8. The minimum Gasteiger partial charge on any atom is -0.342 e. The summed E-state index contributed by atoms with van der Waals surface area (Å²) in [5.74, 6) is 1.15. The smallest absolute Gasteiger partial charge is 0.229 e. The highest BCUT2D eigenvalue weighted by Gasteiger charge is 2.38. The zero-order chi connectivity index (χ0) is 15.3. The van der Waals surface area contributed by atoms with Crippen LogP contribution >= 0.6 is 0 Å². The number of hydrogen-bond acceptors (Lipinski definition) is 3. The number of amides is 1. The Bertz CT molecular complexity index is 327. The molecule has 4 heteroatoms. The molecule has 0 spiro atoms. The first-order valence-electron chi connectivity index (χ1n) is 8.81. The number of carbonyl (C=O) groups excluding carboxylic acids is 1. The van der Waals surface area contributed by atoms with E-state index in [4.69, 9.17) is 0 Å².